The average Bonchev–Trinajstić information content (AvgIpc) is 2.60. The van der Waals surface area contributed by atoms with Crippen LogP contribution < -0.4 is 0 Å². The summed E-state index contributed by atoms with van der Waals surface area (Å²) in [6.45, 7) is 0. The summed E-state index contributed by atoms with van der Waals surface area (Å²) in [5.74, 6) is -2.31. The van der Waals surface area contributed by atoms with Crippen molar-refractivity contribution < 1.29 is 17.2 Å². The Morgan fingerprint density at radius 3 is 2.12 bits per heavy atom. The summed E-state index contributed by atoms with van der Waals surface area (Å²) in [5, 5.41) is 8.89. The molecule has 0 aliphatic rings. The average molecular weight is 370 g/mol. The van der Waals surface area contributed by atoms with Gasteiger partial charge in [0, 0.05) is 24.2 Å². The third-order valence-corrected chi connectivity index (χ3v) is 4.96. The van der Waals surface area contributed by atoms with Crippen LogP contribution in [0, 0.1) is 23.0 Å². The van der Waals surface area contributed by atoms with Gasteiger partial charge in [0.1, 0.15) is 16.5 Å². The van der Waals surface area contributed by atoms with Gasteiger partial charge in [0.15, 0.2) is 9.84 Å². The molecule has 0 atom stereocenters. The van der Waals surface area contributed by atoms with Crippen molar-refractivity contribution in [3.05, 3.63) is 72.1 Å². The van der Waals surface area contributed by atoms with E-state index in [4.69, 9.17) is 5.26 Å². The van der Waals surface area contributed by atoms with E-state index >= 15 is 0 Å². The Balaban J connectivity index is 2.19. The zero-order valence-corrected chi connectivity index (χ0v) is 14.4. The van der Waals surface area contributed by atoms with Crippen molar-refractivity contribution in [1.82, 2.24) is 4.98 Å². The van der Waals surface area contributed by atoms with Crippen molar-refractivity contribution in [2.45, 2.75) is 4.90 Å². The topological polar surface area (TPSA) is 70.8 Å². The summed E-state index contributed by atoms with van der Waals surface area (Å²) in [6, 6.07) is 12.3. The van der Waals surface area contributed by atoms with Gasteiger partial charge in [0.25, 0.3) is 0 Å². The van der Waals surface area contributed by atoms with Gasteiger partial charge in [-0.2, -0.15) is 5.26 Å². The molecule has 3 aromatic rings. The number of nitrogens with zero attached hydrogens (tertiary/aromatic N) is 2. The zero-order valence-electron chi connectivity index (χ0n) is 13.6. The minimum absolute atomic E-state index is 0.167. The van der Waals surface area contributed by atoms with Crippen molar-refractivity contribution in [2.75, 3.05) is 6.26 Å². The second-order valence-electron chi connectivity index (χ2n) is 5.65. The quantitative estimate of drug-likeness (QED) is 0.699. The fourth-order valence-corrected chi connectivity index (χ4v) is 3.50. The van der Waals surface area contributed by atoms with E-state index in [2.05, 4.69) is 4.98 Å². The van der Waals surface area contributed by atoms with Gasteiger partial charge in [-0.3, -0.25) is 4.98 Å². The molecule has 0 bridgehead atoms. The second kappa shape index (κ2) is 6.65. The van der Waals surface area contributed by atoms with Crippen LogP contribution in [-0.4, -0.2) is 19.7 Å². The summed E-state index contributed by atoms with van der Waals surface area (Å²) >= 11 is 0. The number of pyridine rings is 1. The normalized spacial score (nSPS) is 11.2. The highest BCUT2D eigenvalue weighted by molar-refractivity contribution is 7.90. The van der Waals surface area contributed by atoms with E-state index in [1.165, 1.54) is 12.4 Å². The number of rotatable bonds is 3. The molecule has 0 N–H and O–H groups in total. The first kappa shape index (κ1) is 17.7. The van der Waals surface area contributed by atoms with Gasteiger partial charge in [0.2, 0.25) is 0 Å². The molecule has 130 valence electrons. The Morgan fingerprint density at radius 2 is 1.58 bits per heavy atom. The Morgan fingerprint density at radius 1 is 0.962 bits per heavy atom. The molecule has 0 saturated heterocycles. The molecule has 1 heterocycles. The van der Waals surface area contributed by atoms with Crippen LogP contribution in [0.1, 0.15) is 5.56 Å². The molecular formula is C19H12F2N2O2S. The maximum atomic E-state index is 14.2. The Kier molecular flexibility index (Phi) is 4.53. The molecule has 26 heavy (non-hydrogen) atoms. The molecule has 0 aliphatic heterocycles. The highest BCUT2D eigenvalue weighted by atomic mass is 32.2. The lowest BCUT2D eigenvalue weighted by atomic mass is 9.96. The van der Waals surface area contributed by atoms with Crippen LogP contribution in [-0.2, 0) is 9.84 Å². The highest BCUT2D eigenvalue weighted by Crippen LogP contribution is 2.34. The molecule has 2 aromatic carbocycles. The molecule has 0 unspecified atom stereocenters. The Hall–Kier alpha value is -3.11. The van der Waals surface area contributed by atoms with Crippen LogP contribution in [0.3, 0.4) is 0 Å². The number of hydrogen-bond donors (Lipinski definition) is 0. The van der Waals surface area contributed by atoms with Crippen LogP contribution in [0.2, 0.25) is 0 Å². The van der Waals surface area contributed by atoms with Crippen molar-refractivity contribution in [3.63, 3.8) is 0 Å². The van der Waals surface area contributed by atoms with Crippen molar-refractivity contribution >= 4 is 9.84 Å². The van der Waals surface area contributed by atoms with E-state index < -0.39 is 26.4 Å². The minimum atomic E-state index is -4.03. The second-order valence-corrected chi connectivity index (χ2v) is 7.60. The fraction of sp³-hybridized carbons (Fsp3) is 0.0526. The largest absolute Gasteiger partial charge is 0.264 e. The van der Waals surface area contributed by atoms with Crippen LogP contribution >= 0.6 is 0 Å². The molecule has 0 radical (unpaired) electrons. The summed E-state index contributed by atoms with van der Waals surface area (Å²) in [5.41, 5.74) is 2.47. The number of sulfone groups is 1. The molecule has 3 rings (SSSR count). The summed E-state index contributed by atoms with van der Waals surface area (Å²) in [6.07, 6.45) is 3.73. The Bertz CT molecular complexity index is 1110. The van der Waals surface area contributed by atoms with Crippen molar-refractivity contribution in [2.24, 2.45) is 0 Å². The lowest BCUT2D eigenvalue weighted by molar-refractivity contribution is 0.522. The first-order chi connectivity index (χ1) is 12.3. The maximum Gasteiger partial charge on any atom is 0.181 e. The number of benzene rings is 2. The smallest absolute Gasteiger partial charge is 0.181 e. The van der Waals surface area contributed by atoms with Gasteiger partial charge in [-0.25, -0.2) is 17.2 Å². The van der Waals surface area contributed by atoms with Gasteiger partial charge in [-0.15, -0.1) is 0 Å². The standard InChI is InChI=1S/C19H12F2N2O2S/c1-26(24,25)19-17(20)8-14(9-18(19)21)16-11-23-7-6-15(16)13-4-2-12(10-22)3-5-13/h2-9,11H,1H3. The number of nitriles is 1. The molecule has 0 fully saturated rings. The number of aromatic nitrogens is 1. The van der Waals surface area contributed by atoms with Crippen molar-refractivity contribution in [1.29, 1.82) is 5.26 Å². The molecular weight excluding hydrogens is 358 g/mol. The Labute approximate surface area is 149 Å². The van der Waals surface area contributed by atoms with E-state index in [-0.39, 0.29) is 5.56 Å². The van der Waals surface area contributed by atoms with Gasteiger partial charge < -0.3 is 0 Å². The lowest BCUT2D eigenvalue weighted by Gasteiger charge is -2.11. The number of halogens is 2. The van der Waals surface area contributed by atoms with E-state index in [1.54, 1.807) is 30.3 Å². The van der Waals surface area contributed by atoms with E-state index in [0.717, 1.165) is 24.0 Å². The molecule has 0 saturated carbocycles. The van der Waals surface area contributed by atoms with E-state index in [0.29, 0.717) is 16.7 Å². The summed E-state index contributed by atoms with van der Waals surface area (Å²) < 4.78 is 51.6. The summed E-state index contributed by atoms with van der Waals surface area (Å²) in [7, 11) is -4.03. The highest BCUT2D eigenvalue weighted by Gasteiger charge is 2.21. The van der Waals surface area contributed by atoms with Gasteiger partial charge >= 0.3 is 0 Å². The van der Waals surface area contributed by atoms with Crippen LogP contribution in [0.5, 0.6) is 0 Å². The van der Waals surface area contributed by atoms with Crippen LogP contribution in [0.4, 0.5) is 8.78 Å². The minimum Gasteiger partial charge on any atom is -0.264 e. The predicted octanol–water partition coefficient (Wildman–Crippen LogP) is 3.97. The molecule has 1 aromatic heterocycles. The first-order valence-electron chi connectivity index (χ1n) is 7.45. The van der Waals surface area contributed by atoms with Crippen LogP contribution in [0.25, 0.3) is 22.3 Å². The molecule has 0 aliphatic carbocycles. The monoisotopic (exact) mass is 370 g/mol. The predicted molar refractivity (Wildman–Crippen MR) is 92.8 cm³/mol. The third kappa shape index (κ3) is 3.32. The number of hydrogen-bond acceptors (Lipinski definition) is 4. The van der Waals surface area contributed by atoms with Gasteiger partial charge in [0.05, 0.1) is 11.6 Å². The third-order valence-electron chi connectivity index (χ3n) is 3.83. The molecule has 0 amide bonds. The molecule has 7 heteroatoms. The van der Waals surface area contributed by atoms with E-state index in [9.17, 15) is 17.2 Å². The first-order valence-corrected chi connectivity index (χ1v) is 9.34. The zero-order chi connectivity index (χ0) is 18.9. The fourth-order valence-electron chi connectivity index (χ4n) is 2.67. The maximum absolute atomic E-state index is 14.2. The molecule has 0 spiro atoms. The SMILES string of the molecule is CS(=O)(=O)c1c(F)cc(-c2cnccc2-c2ccc(C#N)cc2)cc1F. The van der Waals surface area contributed by atoms with Gasteiger partial charge in [-0.1, -0.05) is 12.1 Å². The lowest BCUT2D eigenvalue weighted by Crippen LogP contribution is -2.05. The van der Waals surface area contributed by atoms with E-state index in [1.807, 2.05) is 6.07 Å². The van der Waals surface area contributed by atoms with Crippen LogP contribution in [0.15, 0.2) is 59.8 Å². The van der Waals surface area contributed by atoms with Crippen molar-refractivity contribution in [3.8, 4) is 28.3 Å². The molecule has 4 nitrogen and oxygen atoms in total. The summed E-state index contributed by atoms with van der Waals surface area (Å²) in [4.78, 5) is 3.04. The van der Waals surface area contributed by atoms with Gasteiger partial charge in [-0.05, 0) is 47.0 Å².